The van der Waals surface area contributed by atoms with Crippen LogP contribution in [0.25, 0.3) is 0 Å². The molecule has 2 aromatic heterocycles. The van der Waals surface area contributed by atoms with Gasteiger partial charge in [-0.2, -0.15) is 0 Å². The van der Waals surface area contributed by atoms with Crippen molar-refractivity contribution < 1.29 is 23.2 Å². The Kier molecular flexibility index (Phi) is 4.74. The summed E-state index contributed by atoms with van der Waals surface area (Å²) in [5.41, 5.74) is 1.16. The number of nitrogens with one attached hydrogen (secondary N) is 1. The molecule has 1 N–H and O–H groups in total. The molecule has 0 radical (unpaired) electrons. The number of amides is 1. The molecule has 3 rings (SSSR count). The molecule has 130 valence electrons. The summed E-state index contributed by atoms with van der Waals surface area (Å²) >= 11 is 0. The second-order valence-electron chi connectivity index (χ2n) is 5.36. The van der Waals surface area contributed by atoms with Crippen molar-refractivity contribution in [2.75, 3.05) is 12.4 Å². The predicted octanol–water partition coefficient (Wildman–Crippen LogP) is 3.72. The molecule has 0 aliphatic rings. The summed E-state index contributed by atoms with van der Waals surface area (Å²) in [5, 5.41) is 6.53. The lowest BCUT2D eigenvalue weighted by Gasteiger charge is -2.08. The third-order valence-corrected chi connectivity index (χ3v) is 3.60. The first-order chi connectivity index (χ1) is 12.1. The van der Waals surface area contributed by atoms with Crippen molar-refractivity contribution in [3.8, 4) is 11.5 Å². The number of carbonyl (C=O) groups excluding carboxylic acids is 1. The summed E-state index contributed by atoms with van der Waals surface area (Å²) in [6, 6.07) is 10.6. The molecule has 0 saturated carbocycles. The van der Waals surface area contributed by atoms with Gasteiger partial charge in [-0.3, -0.25) is 4.79 Å². The van der Waals surface area contributed by atoms with Crippen LogP contribution < -0.4 is 14.8 Å². The minimum Gasteiger partial charge on any atom is -0.493 e. The van der Waals surface area contributed by atoms with Gasteiger partial charge in [0.05, 0.1) is 7.11 Å². The van der Waals surface area contributed by atoms with Gasteiger partial charge in [-0.15, -0.1) is 0 Å². The van der Waals surface area contributed by atoms with Gasteiger partial charge in [0.25, 0.3) is 5.91 Å². The Balaban J connectivity index is 1.65. The van der Waals surface area contributed by atoms with Crippen molar-refractivity contribution in [1.82, 2.24) is 5.16 Å². The van der Waals surface area contributed by atoms with Gasteiger partial charge in [-0.25, -0.2) is 0 Å². The van der Waals surface area contributed by atoms with Crippen molar-refractivity contribution in [1.29, 1.82) is 0 Å². The van der Waals surface area contributed by atoms with Gasteiger partial charge in [0.2, 0.25) is 0 Å². The van der Waals surface area contributed by atoms with Gasteiger partial charge in [-0.05, 0) is 38.1 Å². The van der Waals surface area contributed by atoms with E-state index in [1.165, 1.54) is 0 Å². The van der Waals surface area contributed by atoms with E-state index in [0.717, 1.165) is 0 Å². The smallest absolute Gasteiger partial charge is 0.291 e. The van der Waals surface area contributed by atoms with Crippen LogP contribution in [-0.2, 0) is 6.61 Å². The molecule has 0 saturated heterocycles. The summed E-state index contributed by atoms with van der Waals surface area (Å²) < 4.78 is 21.5. The van der Waals surface area contributed by atoms with Crippen LogP contribution in [0.3, 0.4) is 0 Å². The Labute approximate surface area is 144 Å². The quantitative estimate of drug-likeness (QED) is 0.734. The van der Waals surface area contributed by atoms with Crippen LogP contribution >= 0.6 is 0 Å². The lowest BCUT2D eigenvalue weighted by atomic mass is 10.3. The van der Waals surface area contributed by atoms with Gasteiger partial charge in [-0.1, -0.05) is 17.3 Å². The molecule has 3 aromatic rings. The Morgan fingerprint density at radius 3 is 2.60 bits per heavy atom. The third-order valence-electron chi connectivity index (χ3n) is 3.60. The number of hydrogen-bond acceptors (Lipinski definition) is 6. The van der Waals surface area contributed by atoms with Crippen LogP contribution in [0.1, 0.15) is 27.8 Å². The van der Waals surface area contributed by atoms with Crippen LogP contribution in [-0.4, -0.2) is 18.2 Å². The molecule has 0 spiro atoms. The summed E-state index contributed by atoms with van der Waals surface area (Å²) in [6.45, 7) is 3.66. The lowest BCUT2D eigenvalue weighted by molar-refractivity contribution is 0.0992. The fourth-order valence-corrected chi connectivity index (χ4v) is 2.30. The minimum absolute atomic E-state index is 0.179. The summed E-state index contributed by atoms with van der Waals surface area (Å²) in [7, 11) is 1.58. The third kappa shape index (κ3) is 3.65. The highest BCUT2D eigenvalue weighted by Crippen LogP contribution is 2.27. The van der Waals surface area contributed by atoms with E-state index in [1.54, 1.807) is 45.2 Å². The maximum Gasteiger partial charge on any atom is 0.291 e. The first-order valence-electron chi connectivity index (χ1n) is 7.67. The second-order valence-corrected chi connectivity index (χ2v) is 5.36. The van der Waals surface area contributed by atoms with E-state index in [4.69, 9.17) is 18.4 Å². The van der Waals surface area contributed by atoms with E-state index in [2.05, 4.69) is 10.5 Å². The maximum absolute atomic E-state index is 12.3. The average molecular weight is 342 g/mol. The number of rotatable bonds is 6. The molecule has 0 fully saturated rings. The Hall–Kier alpha value is -3.22. The van der Waals surface area contributed by atoms with Crippen LogP contribution in [0.5, 0.6) is 11.5 Å². The number of carbonyl (C=O) groups is 1. The van der Waals surface area contributed by atoms with Crippen molar-refractivity contribution in [2.24, 2.45) is 0 Å². The highest BCUT2D eigenvalue weighted by molar-refractivity contribution is 6.02. The molecule has 0 unspecified atom stereocenters. The number of nitrogens with zero attached hydrogens (tertiary/aromatic N) is 1. The fraction of sp³-hybridized carbons (Fsp3) is 0.222. The van der Waals surface area contributed by atoms with Crippen molar-refractivity contribution in [3.05, 3.63) is 59.4 Å². The standard InChI is InChI=1S/C18H18N2O5/c1-11-17(12(2)25-20-11)19-18(21)16-9-8-13(24-16)10-23-15-7-5-4-6-14(15)22-3/h4-9H,10H2,1-3H3,(H,19,21). The number of para-hydroxylation sites is 2. The molecular formula is C18H18N2O5. The van der Waals surface area contributed by atoms with Crippen LogP contribution in [0.2, 0.25) is 0 Å². The van der Waals surface area contributed by atoms with Crippen molar-refractivity contribution in [2.45, 2.75) is 20.5 Å². The van der Waals surface area contributed by atoms with E-state index < -0.39 is 0 Å². The first-order valence-corrected chi connectivity index (χ1v) is 7.67. The van der Waals surface area contributed by atoms with Crippen molar-refractivity contribution >= 4 is 11.6 Å². The van der Waals surface area contributed by atoms with E-state index in [9.17, 15) is 4.79 Å². The number of hydrogen-bond donors (Lipinski definition) is 1. The summed E-state index contributed by atoms with van der Waals surface area (Å²) in [6.07, 6.45) is 0. The van der Waals surface area contributed by atoms with Crippen LogP contribution in [0.15, 0.2) is 45.3 Å². The fourth-order valence-electron chi connectivity index (χ4n) is 2.30. The zero-order valence-corrected chi connectivity index (χ0v) is 14.2. The molecule has 7 heteroatoms. The zero-order chi connectivity index (χ0) is 17.8. The summed E-state index contributed by atoms with van der Waals surface area (Å²) in [5.74, 6) is 2.09. The topological polar surface area (TPSA) is 86.7 Å². The van der Waals surface area contributed by atoms with Crippen LogP contribution in [0.4, 0.5) is 5.69 Å². The summed E-state index contributed by atoms with van der Waals surface area (Å²) in [4.78, 5) is 12.3. The zero-order valence-electron chi connectivity index (χ0n) is 14.2. The van der Waals surface area contributed by atoms with Gasteiger partial charge in [0.15, 0.2) is 23.0 Å². The SMILES string of the molecule is COc1ccccc1OCc1ccc(C(=O)Nc2c(C)noc2C)o1. The average Bonchev–Trinajstić information content (AvgIpc) is 3.22. The molecule has 7 nitrogen and oxygen atoms in total. The molecule has 1 amide bonds. The van der Waals surface area contributed by atoms with E-state index >= 15 is 0 Å². The number of anilines is 1. The molecule has 0 aliphatic carbocycles. The van der Waals surface area contributed by atoms with Crippen LogP contribution in [0, 0.1) is 13.8 Å². The van der Waals surface area contributed by atoms with Gasteiger partial charge < -0.3 is 23.7 Å². The first kappa shape index (κ1) is 16.6. The Bertz CT molecular complexity index is 862. The monoisotopic (exact) mass is 342 g/mol. The number of ether oxygens (including phenoxy) is 2. The van der Waals surface area contributed by atoms with Gasteiger partial charge >= 0.3 is 0 Å². The Morgan fingerprint density at radius 2 is 1.92 bits per heavy atom. The van der Waals surface area contributed by atoms with Crippen molar-refractivity contribution in [3.63, 3.8) is 0 Å². The van der Waals surface area contributed by atoms with Gasteiger partial charge in [0.1, 0.15) is 23.7 Å². The Morgan fingerprint density at radius 1 is 1.16 bits per heavy atom. The maximum atomic E-state index is 12.3. The molecule has 0 aliphatic heterocycles. The highest BCUT2D eigenvalue weighted by Gasteiger charge is 2.17. The largest absolute Gasteiger partial charge is 0.493 e. The number of benzene rings is 1. The second kappa shape index (κ2) is 7.12. The molecule has 0 atom stereocenters. The molecule has 2 heterocycles. The number of aryl methyl sites for hydroxylation is 2. The molecule has 1 aromatic carbocycles. The number of aromatic nitrogens is 1. The number of methoxy groups -OCH3 is 1. The highest BCUT2D eigenvalue weighted by atomic mass is 16.5. The normalized spacial score (nSPS) is 10.5. The van der Waals surface area contributed by atoms with E-state index in [-0.39, 0.29) is 18.3 Å². The molecule has 25 heavy (non-hydrogen) atoms. The van der Waals surface area contributed by atoms with E-state index in [1.807, 2.05) is 12.1 Å². The van der Waals surface area contributed by atoms with E-state index in [0.29, 0.717) is 34.4 Å². The lowest BCUT2D eigenvalue weighted by Crippen LogP contribution is -2.12. The van der Waals surface area contributed by atoms with Gasteiger partial charge in [0, 0.05) is 0 Å². The predicted molar refractivity (Wildman–Crippen MR) is 90.0 cm³/mol. The number of furan rings is 1. The molecule has 0 bridgehead atoms. The minimum atomic E-state index is -0.377. The molecular weight excluding hydrogens is 324 g/mol.